The van der Waals surface area contributed by atoms with E-state index < -0.39 is 17.9 Å². The Labute approximate surface area is 101 Å². The summed E-state index contributed by atoms with van der Waals surface area (Å²) in [5.41, 5.74) is 0.448. The number of carbonyl (C=O) groups is 2. The van der Waals surface area contributed by atoms with Gasteiger partial charge in [0.05, 0.1) is 18.9 Å². The van der Waals surface area contributed by atoms with Crippen LogP contribution in [0.4, 0.5) is 0 Å². The van der Waals surface area contributed by atoms with Gasteiger partial charge in [0.2, 0.25) is 0 Å². The van der Waals surface area contributed by atoms with Gasteiger partial charge in [-0.2, -0.15) is 0 Å². The van der Waals surface area contributed by atoms with Gasteiger partial charge in [-0.05, 0) is 33.6 Å². The third-order valence-electron chi connectivity index (χ3n) is 2.11. The van der Waals surface area contributed by atoms with Gasteiger partial charge in [0, 0.05) is 0 Å². The van der Waals surface area contributed by atoms with Gasteiger partial charge < -0.3 is 14.7 Å². The molecule has 0 fully saturated rings. The van der Waals surface area contributed by atoms with Crippen LogP contribution in [-0.4, -0.2) is 36.1 Å². The summed E-state index contributed by atoms with van der Waals surface area (Å²) in [6.45, 7) is 5.36. The molecule has 0 spiro atoms. The highest BCUT2D eigenvalue weighted by Crippen LogP contribution is 2.12. The second-order valence-corrected chi connectivity index (χ2v) is 3.43. The maximum Gasteiger partial charge on any atom is 0.320 e. The molecule has 0 rings (SSSR count). The third kappa shape index (κ3) is 5.89. The van der Waals surface area contributed by atoms with Crippen molar-refractivity contribution in [3.8, 4) is 0 Å². The predicted octanol–water partition coefficient (Wildman–Crippen LogP) is 1.36. The van der Waals surface area contributed by atoms with Crippen LogP contribution in [0.25, 0.3) is 0 Å². The Hall–Kier alpha value is -1.59. The molecule has 0 bridgehead atoms. The molecule has 6 heteroatoms. The van der Waals surface area contributed by atoms with Crippen molar-refractivity contribution in [2.45, 2.75) is 33.6 Å². The summed E-state index contributed by atoms with van der Waals surface area (Å²) >= 11 is 0. The summed E-state index contributed by atoms with van der Waals surface area (Å²) in [4.78, 5) is 23.1. The fraction of sp³-hybridized carbons (Fsp3) is 0.727. The Kier molecular flexibility index (Phi) is 7.75. The Morgan fingerprint density at radius 2 is 1.65 bits per heavy atom. The summed E-state index contributed by atoms with van der Waals surface area (Å²) < 4.78 is 9.59. The summed E-state index contributed by atoms with van der Waals surface area (Å²) in [6, 6.07) is 0. The van der Waals surface area contributed by atoms with Crippen molar-refractivity contribution < 1.29 is 24.3 Å². The average molecular weight is 245 g/mol. The number of carbonyl (C=O) groups excluding carboxylic acids is 2. The van der Waals surface area contributed by atoms with E-state index in [9.17, 15) is 9.59 Å². The van der Waals surface area contributed by atoms with Crippen molar-refractivity contribution in [2.75, 3.05) is 13.2 Å². The molecule has 0 amide bonds. The topological polar surface area (TPSA) is 85.2 Å². The van der Waals surface area contributed by atoms with Crippen LogP contribution in [0.1, 0.15) is 33.6 Å². The Morgan fingerprint density at radius 3 is 2.00 bits per heavy atom. The highest BCUT2D eigenvalue weighted by atomic mass is 16.6. The lowest BCUT2D eigenvalue weighted by Crippen LogP contribution is -2.28. The molecule has 17 heavy (non-hydrogen) atoms. The van der Waals surface area contributed by atoms with Crippen molar-refractivity contribution in [2.24, 2.45) is 11.1 Å². The SMILES string of the molecule is CCOC(=O)C(CCC(C)=NO)C(=O)OCC. The van der Waals surface area contributed by atoms with Crippen molar-refractivity contribution in [1.82, 2.24) is 0 Å². The van der Waals surface area contributed by atoms with E-state index in [1.54, 1.807) is 20.8 Å². The van der Waals surface area contributed by atoms with Gasteiger partial charge in [0.25, 0.3) is 0 Å². The second kappa shape index (κ2) is 8.55. The zero-order valence-electron chi connectivity index (χ0n) is 10.4. The molecule has 0 saturated carbocycles. The first kappa shape index (κ1) is 15.4. The highest BCUT2D eigenvalue weighted by molar-refractivity contribution is 5.95. The summed E-state index contributed by atoms with van der Waals surface area (Å²) in [6.07, 6.45) is 0.548. The molecule has 0 aliphatic carbocycles. The summed E-state index contributed by atoms with van der Waals surface area (Å²) in [7, 11) is 0. The molecular weight excluding hydrogens is 226 g/mol. The van der Waals surface area contributed by atoms with Crippen LogP contribution < -0.4 is 0 Å². The van der Waals surface area contributed by atoms with Crippen LogP contribution in [0.15, 0.2) is 5.16 Å². The number of nitrogens with zero attached hydrogens (tertiary/aromatic N) is 1. The first-order valence-electron chi connectivity index (χ1n) is 5.57. The van der Waals surface area contributed by atoms with Gasteiger partial charge in [-0.3, -0.25) is 9.59 Å². The maximum atomic E-state index is 11.5. The van der Waals surface area contributed by atoms with E-state index in [2.05, 4.69) is 5.16 Å². The van der Waals surface area contributed by atoms with E-state index in [0.717, 1.165) is 0 Å². The van der Waals surface area contributed by atoms with E-state index in [1.807, 2.05) is 0 Å². The second-order valence-electron chi connectivity index (χ2n) is 3.43. The molecule has 0 aliphatic heterocycles. The van der Waals surface area contributed by atoms with Crippen molar-refractivity contribution in [3.05, 3.63) is 0 Å². The number of oxime groups is 1. The minimum atomic E-state index is -0.952. The molecule has 0 unspecified atom stereocenters. The van der Waals surface area contributed by atoms with Crippen LogP contribution >= 0.6 is 0 Å². The van der Waals surface area contributed by atoms with Crippen LogP contribution in [0.5, 0.6) is 0 Å². The van der Waals surface area contributed by atoms with Crippen molar-refractivity contribution in [3.63, 3.8) is 0 Å². The third-order valence-corrected chi connectivity index (χ3v) is 2.11. The van der Waals surface area contributed by atoms with E-state index >= 15 is 0 Å². The maximum absolute atomic E-state index is 11.5. The van der Waals surface area contributed by atoms with Crippen LogP contribution in [0.3, 0.4) is 0 Å². The van der Waals surface area contributed by atoms with Gasteiger partial charge >= 0.3 is 11.9 Å². The minimum absolute atomic E-state index is 0.210. The first-order chi connectivity index (χ1) is 8.06. The molecule has 0 aliphatic rings. The highest BCUT2D eigenvalue weighted by Gasteiger charge is 2.29. The molecule has 0 atom stereocenters. The number of hydrogen-bond acceptors (Lipinski definition) is 6. The molecule has 0 aromatic heterocycles. The number of ether oxygens (including phenoxy) is 2. The van der Waals surface area contributed by atoms with Crippen molar-refractivity contribution in [1.29, 1.82) is 0 Å². The largest absolute Gasteiger partial charge is 0.465 e. The normalized spacial score (nSPS) is 11.4. The van der Waals surface area contributed by atoms with Crippen LogP contribution in [0.2, 0.25) is 0 Å². The number of hydrogen-bond donors (Lipinski definition) is 1. The van der Waals surface area contributed by atoms with E-state index in [1.165, 1.54) is 0 Å². The monoisotopic (exact) mass is 245 g/mol. The molecule has 0 saturated heterocycles. The Balaban J connectivity index is 4.50. The molecule has 1 N–H and O–H groups in total. The van der Waals surface area contributed by atoms with Crippen LogP contribution in [0, 0.1) is 5.92 Å². The first-order valence-corrected chi connectivity index (χ1v) is 5.57. The lowest BCUT2D eigenvalue weighted by atomic mass is 10.0. The van der Waals surface area contributed by atoms with Gasteiger partial charge in [-0.15, -0.1) is 0 Å². The fourth-order valence-electron chi connectivity index (χ4n) is 1.22. The zero-order valence-corrected chi connectivity index (χ0v) is 10.4. The molecule has 98 valence electrons. The van der Waals surface area contributed by atoms with Gasteiger partial charge in [0.15, 0.2) is 5.92 Å². The summed E-state index contributed by atoms with van der Waals surface area (Å²) in [5.74, 6) is -2.15. The predicted molar refractivity (Wildman–Crippen MR) is 60.9 cm³/mol. The molecular formula is C11H19NO5. The average Bonchev–Trinajstić information content (AvgIpc) is 2.29. The Bertz CT molecular complexity index is 270. The van der Waals surface area contributed by atoms with E-state index in [-0.39, 0.29) is 19.6 Å². The number of rotatable bonds is 7. The fourth-order valence-corrected chi connectivity index (χ4v) is 1.22. The molecule has 6 nitrogen and oxygen atoms in total. The minimum Gasteiger partial charge on any atom is -0.465 e. The lowest BCUT2D eigenvalue weighted by molar-refractivity contribution is -0.161. The smallest absolute Gasteiger partial charge is 0.320 e. The van der Waals surface area contributed by atoms with E-state index in [4.69, 9.17) is 14.7 Å². The standard InChI is InChI=1S/C11H19NO5/c1-4-16-10(13)9(11(14)17-5-2)7-6-8(3)12-15/h9,15H,4-7H2,1-3H3. The van der Waals surface area contributed by atoms with E-state index in [0.29, 0.717) is 12.1 Å². The molecule has 0 aromatic rings. The Morgan fingerprint density at radius 1 is 1.18 bits per heavy atom. The van der Waals surface area contributed by atoms with Gasteiger partial charge in [0.1, 0.15) is 0 Å². The lowest BCUT2D eigenvalue weighted by Gasteiger charge is -2.13. The summed E-state index contributed by atoms with van der Waals surface area (Å²) in [5, 5.41) is 11.5. The van der Waals surface area contributed by atoms with Crippen molar-refractivity contribution >= 4 is 17.7 Å². The van der Waals surface area contributed by atoms with Gasteiger partial charge in [-0.25, -0.2) is 0 Å². The molecule has 0 radical (unpaired) electrons. The quantitative estimate of drug-likeness (QED) is 0.241. The zero-order chi connectivity index (χ0) is 13.3. The molecule has 0 aromatic carbocycles. The number of esters is 2. The molecule has 0 heterocycles. The van der Waals surface area contributed by atoms with Gasteiger partial charge in [-0.1, -0.05) is 5.16 Å². The van der Waals surface area contributed by atoms with Crippen LogP contribution in [-0.2, 0) is 19.1 Å².